The maximum atomic E-state index is 12.6. The molecule has 0 atom stereocenters. The normalized spacial score (nSPS) is 9.67. The number of ether oxygens (including phenoxy) is 1. The predicted molar refractivity (Wildman–Crippen MR) is 68.5 cm³/mol. The molecule has 0 bridgehead atoms. The number of hydrogen-bond acceptors (Lipinski definition) is 4. The van der Waals surface area contributed by atoms with E-state index in [2.05, 4.69) is 15.6 Å². The lowest BCUT2D eigenvalue weighted by atomic mass is 10.3. The zero-order chi connectivity index (χ0) is 12.5. The average molecular weight is 278 g/mol. The van der Waals surface area contributed by atoms with Crippen LogP contribution in [0.4, 0.5) is 4.39 Å². The van der Waals surface area contributed by atoms with Gasteiger partial charge in [0.25, 0.3) is 5.91 Å². The number of hydrogen-bond donors (Lipinski definition) is 2. The third-order valence-electron chi connectivity index (χ3n) is 2.03. The molecule has 0 spiro atoms. The number of pyridine rings is 1. The molecule has 0 unspecified atom stereocenters. The van der Waals surface area contributed by atoms with E-state index in [1.165, 1.54) is 12.1 Å². The summed E-state index contributed by atoms with van der Waals surface area (Å²) in [7, 11) is 1.63. The molecule has 0 saturated carbocycles. The number of carbonyl (C=O) groups is 1. The van der Waals surface area contributed by atoms with E-state index in [1.807, 2.05) is 0 Å². The average Bonchev–Trinajstić information content (AvgIpc) is 2.34. The Bertz CT molecular complexity index is 349. The molecule has 0 saturated heterocycles. The summed E-state index contributed by atoms with van der Waals surface area (Å²) in [5, 5.41) is 5.75. The Morgan fingerprint density at radius 3 is 2.78 bits per heavy atom. The van der Waals surface area contributed by atoms with Gasteiger partial charge >= 0.3 is 0 Å². The van der Waals surface area contributed by atoms with Crippen molar-refractivity contribution in [3.8, 4) is 0 Å². The van der Waals surface area contributed by atoms with E-state index in [0.717, 1.165) is 12.7 Å². The molecule has 18 heavy (non-hydrogen) atoms. The number of nitrogens with one attached hydrogen (secondary N) is 2. The van der Waals surface area contributed by atoms with E-state index >= 15 is 0 Å². The van der Waals surface area contributed by atoms with Gasteiger partial charge in [-0.2, -0.15) is 0 Å². The molecule has 7 heteroatoms. The van der Waals surface area contributed by atoms with Crippen molar-refractivity contribution in [2.75, 3.05) is 33.4 Å². The van der Waals surface area contributed by atoms with Gasteiger partial charge in [0, 0.05) is 26.7 Å². The van der Waals surface area contributed by atoms with Crippen LogP contribution < -0.4 is 10.6 Å². The molecule has 0 aliphatic rings. The number of aromatic nitrogens is 1. The predicted octanol–water partition coefficient (Wildman–Crippen LogP) is 0.608. The molecule has 0 aliphatic carbocycles. The lowest BCUT2D eigenvalue weighted by molar-refractivity contribution is 0.0948. The van der Waals surface area contributed by atoms with Gasteiger partial charge in [-0.25, -0.2) is 9.37 Å². The lowest BCUT2D eigenvalue weighted by Crippen LogP contribution is -2.33. The molecule has 5 nitrogen and oxygen atoms in total. The first-order valence-electron chi connectivity index (χ1n) is 5.33. The summed E-state index contributed by atoms with van der Waals surface area (Å²) in [6.07, 6.45) is 1.02. The van der Waals surface area contributed by atoms with Crippen molar-refractivity contribution in [3.63, 3.8) is 0 Å². The Hall–Kier alpha value is -1.24. The fourth-order valence-corrected chi connectivity index (χ4v) is 1.16. The standard InChI is InChI=1S/C11H16FN3O2.ClH/c1-17-7-6-13-4-5-14-11(16)10-3-2-9(12)8-15-10;/h2-3,8,13H,4-7H2,1H3,(H,14,16);1H. The van der Waals surface area contributed by atoms with Crippen LogP contribution in [0.1, 0.15) is 10.5 Å². The van der Waals surface area contributed by atoms with Crippen LogP contribution in [0.25, 0.3) is 0 Å². The zero-order valence-electron chi connectivity index (χ0n) is 10.1. The van der Waals surface area contributed by atoms with E-state index in [1.54, 1.807) is 7.11 Å². The minimum atomic E-state index is -0.456. The number of carbonyl (C=O) groups excluding carboxylic acids is 1. The highest BCUT2D eigenvalue weighted by Crippen LogP contribution is 1.97. The smallest absolute Gasteiger partial charge is 0.269 e. The van der Waals surface area contributed by atoms with Crippen molar-refractivity contribution < 1.29 is 13.9 Å². The third-order valence-corrected chi connectivity index (χ3v) is 2.03. The van der Waals surface area contributed by atoms with Gasteiger partial charge < -0.3 is 15.4 Å². The third kappa shape index (κ3) is 6.48. The highest BCUT2D eigenvalue weighted by Gasteiger charge is 2.05. The van der Waals surface area contributed by atoms with Crippen LogP contribution in [0.5, 0.6) is 0 Å². The zero-order valence-corrected chi connectivity index (χ0v) is 10.9. The van der Waals surface area contributed by atoms with Gasteiger partial charge in [0.05, 0.1) is 12.8 Å². The van der Waals surface area contributed by atoms with Crippen LogP contribution in [-0.4, -0.2) is 44.2 Å². The van der Waals surface area contributed by atoms with E-state index in [0.29, 0.717) is 19.7 Å². The molecule has 1 amide bonds. The van der Waals surface area contributed by atoms with Gasteiger partial charge in [0.2, 0.25) is 0 Å². The summed E-state index contributed by atoms with van der Waals surface area (Å²) < 4.78 is 17.4. The molecule has 1 heterocycles. The molecule has 0 aliphatic heterocycles. The maximum Gasteiger partial charge on any atom is 0.269 e. The van der Waals surface area contributed by atoms with Crippen molar-refractivity contribution in [3.05, 3.63) is 29.8 Å². The highest BCUT2D eigenvalue weighted by atomic mass is 35.5. The quantitative estimate of drug-likeness (QED) is 0.717. The molecular formula is C11H17ClFN3O2. The minimum absolute atomic E-state index is 0. The number of methoxy groups -OCH3 is 1. The maximum absolute atomic E-state index is 12.6. The topological polar surface area (TPSA) is 63.2 Å². The number of amides is 1. The van der Waals surface area contributed by atoms with Crippen molar-refractivity contribution in [2.24, 2.45) is 0 Å². The van der Waals surface area contributed by atoms with Crippen LogP contribution in [0.15, 0.2) is 18.3 Å². The first-order chi connectivity index (χ1) is 8.24. The van der Waals surface area contributed by atoms with Crippen LogP contribution in [-0.2, 0) is 4.74 Å². The summed E-state index contributed by atoms with van der Waals surface area (Å²) in [6, 6.07) is 2.56. The van der Waals surface area contributed by atoms with E-state index < -0.39 is 5.82 Å². The van der Waals surface area contributed by atoms with Gasteiger partial charge in [-0.15, -0.1) is 12.4 Å². The summed E-state index contributed by atoms with van der Waals surface area (Å²) in [5.41, 5.74) is 0.211. The van der Waals surface area contributed by atoms with Crippen LogP contribution in [0.3, 0.4) is 0 Å². The molecule has 102 valence electrons. The van der Waals surface area contributed by atoms with Gasteiger partial charge in [-0.1, -0.05) is 0 Å². The van der Waals surface area contributed by atoms with Gasteiger partial charge in [-0.3, -0.25) is 4.79 Å². The Morgan fingerprint density at radius 1 is 1.39 bits per heavy atom. The SMILES string of the molecule is COCCNCCNC(=O)c1ccc(F)cn1.Cl. The molecule has 0 fully saturated rings. The molecule has 1 aromatic rings. The van der Waals surface area contributed by atoms with Crippen molar-refractivity contribution in [1.82, 2.24) is 15.6 Å². The Morgan fingerprint density at radius 2 is 2.17 bits per heavy atom. The number of rotatable bonds is 7. The van der Waals surface area contributed by atoms with Gasteiger partial charge in [0.15, 0.2) is 0 Å². The van der Waals surface area contributed by atoms with E-state index in [-0.39, 0.29) is 24.0 Å². The summed E-state index contributed by atoms with van der Waals surface area (Å²) in [4.78, 5) is 15.2. The Balaban J connectivity index is 0.00000289. The van der Waals surface area contributed by atoms with Crippen molar-refractivity contribution in [2.45, 2.75) is 0 Å². The molecule has 0 radical (unpaired) electrons. The lowest BCUT2D eigenvalue weighted by Gasteiger charge is -2.05. The second-order valence-electron chi connectivity index (χ2n) is 3.36. The first kappa shape index (κ1) is 16.8. The summed E-state index contributed by atoms with van der Waals surface area (Å²) in [5.74, 6) is -0.763. The second-order valence-corrected chi connectivity index (χ2v) is 3.36. The fraction of sp³-hybridized carbons (Fsp3) is 0.455. The monoisotopic (exact) mass is 277 g/mol. The number of halogens is 2. The van der Waals surface area contributed by atoms with Gasteiger partial charge in [0.1, 0.15) is 11.5 Å². The van der Waals surface area contributed by atoms with Crippen LogP contribution in [0.2, 0.25) is 0 Å². The van der Waals surface area contributed by atoms with Crippen LogP contribution >= 0.6 is 12.4 Å². The Labute approximate surface area is 112 Å². The molecule has 0 aromatic carbocycles. The fourth-order valence-electron chi connectivity index (χ4n) is 1.16. The van der Waals surface area contributed by atoms with E-state index in [4.69, 9.17) is 4.74 Å². The summed E-state index contributed by atoms with van der Waals surface area (Å²) in [6.45, 7) is 2.51. The minimum Gasteiger partial charge on any atom is -0.383 e. The van der Waals surface area contributed by atoms with Crippen LogP contribution in [0, 0.1) is 5.82 Å². The molecule has 1 aromatic heterocycles. The van der Waals surface area contributed by atoms with Crippen molar-refractivity contribution in [1.29, 1.82) is 0 Å². The molecule has 2 N–H and O–H groups in total. The number of nitrogens with zero attached hydrogens (tertiary/aromatic N) is 1. The Kier molecular flexibility index (Phi) is 9.08. The highest BCUT2D eigenvalue weighted by molar-refractivity contribution is 5.92. The second kappa shape index (κ2) is 9.76. The van der Waals surface area contributed by atoms with E-state index in [9.17, 15) is 9.18 Å². The van der Waals surface area contributed by atoms with Gasteiger partial charge in [-0.05, 0) is 12.1 Å². The first-order valence-corrected chi connectivity index (χ1v) is 5.33. The molecule has 1 rings (SSSR count). The molecular weight excluding hydrogens is 261 g/mol. The van der Waals surface area contributed by atoms with Crippen molar-refractivity contribution >= 4 is 18.3 Å². The largest absolute Gasteiger partial charge is 0.383 e. The summed E-state index contributed by atoms with van der Waals surface area (Å²) >= 11 is 0.